The molecule has 2 nitrogen and oxygen atoms in total. The van der Waals surface area contributed by atoms with Gasteiger partial charge in [-0.05, 0) is 35.6 Å². The molecule has 2 aromatic rings. The summed E-state index contributed by atoms with van der Waals surface area (Å²) in [5.74, 6) is -0.158. The molecule has 82 valence electrons. The van der Waals surface area contributed by atoms with Gasteiger partial charge in [-0.1, -0.05) is 11.6 Å². The number of nitrogens with zero attached hydrogens (tertiary/aromatic N) is 1. The Morgan fingerprint density at radius 3 is 2.69 bits per heavy atom. The molecule has 1 unspecified atom stereocenters. The van der Waals surface area contributed by atoms with E-state index in [-0.39, 0.29) is 5.92 Å². The van der Waals surface area contributed by atoms with Crippen molar-refractivity contribution in [1.82, 2.24) is 4.98 Å². The van der Waals surface area contributed by atoms with E-state index in [4.69, 9.17) is 11.6 Å². The fourth-order valence-electron chi connectivity index (χ4n) is 1.55. The summed E-state index contributed by atoms with van der Waals surface area (Å²) < 4.78 is 0. The van der Waals surface area contributed by atoms with E-state index in [1.54, 1.807) is 12.4 Å². The van der Waals surface area contributed by atoms with Crippen molar-refractivity contribution >= 4 is 29.2 Å². The Morgan fingerprint density at radius 2 is 2.12 bits per heavy atom. The van der Waals surface area contributed by atoms with Crippen LogP contribution in [0.25, 0.3) is 0 Å². The van der Waals surface area contributed by atoms with Crippen LogP contribution in [0.5, 0.6) is 0 Å². The van der Waals surface area contributed by atoms with Gasteiger partial charge < -0.3 is 4.79 Å². The van der Waals surface area contributed by atoms with Gasteiger partial charge in [-0.2, -0.15) is 0 Å². The van der Waals surface area contributed by atoms with E-state index in [0.717, 1.165) is 16.7 Å². The first-order valence-electron chi connectivity index (χ1n) is 4.88. The van der Waals surface area contributed by atoms with E-state index in [0.29, 0.717) is 11.4 Å². The molecule has 0 spiro atoms. The number of carbonyl (C=O) groups is 1. The first kappa shape index (κ1) is 11.3. The second-order valence-electron chi connectivity index (χ2n) is 3.43. The zero-order valence-corrected chi connectivity index (χ0v) is 10.0. The zero-order valence-electron chi connectivity index (χ0n) is 8.47. The summed E-state index contributed by atoms with van der Waals surface area (Å²) in [4.78, 5) is 16.0. The van der Waals surface area contributed by atoms with Gasteiger partial charge in [-0.25, -0.2) is 0 Å². The summed E-state index contributed by atoms with van der Waals surface area (Å²) in [6.45, 7) is 0. The van der Waals surface area contributed by atoms with Crippen molar-refractivity contribution < 1.29 is 4.79 Å². The Bertz CT molecular complexity index is 469. The molecule has 0 saturated carbocycles. The number of hydrogen-bond donors (Lipinski definition) is 0. The molecule has 16 heavy (non-hydrogen) atoms. The third-order valence-corrected chi connectivity index (χ3v) is 3.84. The summed E-state index contributed by atoms with van der Waals surface area (Å²) in [6, 6.07) is 5.65. The van der Waals surface area contributed by atoms with Crippen LogP contribution in [-0.2, 0) is 11.2 Å². The van der Waals surface area contributed by atoms with Crippen LogP contribution >= 0.6 is 22.9 Å². The van der Waals surface area contributed by atoms with Crippen LogP contribution in [0, 0.1) is 0 Å². The van der Waals surface area contributed by atoms with Crippen LogP contribution in [0.1, 0.15) is 16.4 Å². The van der Waals surface area contributed by atoms with Gasteiger partial charge in [0.15, 0.2) is 0 Å². The number of pyridine rings is 1. The number of aromatic nitrogens is 1. The molecule has 0 amide bonds. The van der Waals surface area contributed by atoms with Crippen LogP contribution < -0.4 is 0 Å². The number of hydrogen-bond acceptors (Lipinski definition) is 3. The van der Waals surface area contributed by atoms with Gasteiger partial charge in [0.05, 0.1) is 10.9 Å². The predicted octanol–water partition coefficient (Wildman–Crippen LogP) is 3.32. The van der Waals surface area contributed by atoms with Crippen molar-refractivity contribution in [3.05, 3.63) is 51.4 Å². The van der Waals surface area contributed by atoms with E-state index in [1.807, 2.05) is 23.6 Å². The molecule has 0 bridgehead atoms. The quantitative estimate of drug-likeness (QED) is 0.781. The van der Waals surface area contributed by atoms with E-state index in [9.17, 15) is 4.79 Å². The molecule has 0 aliphatic heterocycles. The lowest BCUT2D eigenvalue weighted by atomic mass is 10.00. The van der Waals surface area contributed by atoms with E-state index in [1.165, 1.54) is 11.3 Å². The third-order valence-electron chi connectivity index (χ3n) is 2.35. The van der Waals surface area contributed by atoms with Crippen LogP contribution in [0.3, 0.4) is 0 Å². The molecule has 1 atom stereocenters. The van der Waals surface area contributed by atoms with Gasteiger partial charge in [0.2, 0.25) is 0 Å². The molecule has 2 aromatic heterocycles. The predicted molar refractivity (Wildman–Crippen MR) is 66.1 cm³/mol. The lowest BCUT2D eigenvalue weighted by Gasteiger charge is -2.08. The molecular weight excluding hydrogens is 242 g/mol. The summed E-state index contributed by atoms with van der Waals surface area (Å²) >= 11 is 7.54. The molecule has 2 rings (SSSR count). The Labute approximate surface area is 103 Å². The van der Waals surface area contributed by atoms with E-state index < -0.39 is 0 Å². The van der Waals surface area contributed by atoms with Crippen LogP contribution in [0.4, 0.5) is 0 Å². The maximum atomic E-state index is 11.1. The molecule has 0 fully saturated rings. The number of thiophene rings is 1. The molecule has 0 N–H and O–H groups in total. The summed E-state index contributed by atoms with van der Waals surface area (Å²) in [6.07, 6.45) is 5.09. The lowest BCUT2D eigenvalue weighted by Crippen LogP contribution is -2.03. The maximum Gasteiger partial charge on any atom is 0.128 e. The Hall–Kier alpha value is -1.19. The van der Waals surface area contributed by atoms with Crippen molar-refractivity contribution in [1.29, 1.82) is 0 Å². The van der Waals surface area contributed by atoms with Crippen molar-refractivity contribution in [3.63, 3.8) is 0 Å². The molecule has 0 saturated heterocycles. The van der Waals surface area contributed by atoms with E-state index in [2.05, 4.69) is 4.98 Å². The fraction of sp³-hybridized carbons (Fsp3) is 0.167. The second kappa shape index (κ2) is 5.23. The molecule has 2 heterocycles. The number of aldehydes is 1. The van der Waals surface area contributed by atoms with Gasteiger partial charge in [0.25, 0.3) is 0 Å². The highest BCUT2D eigenvalue weighted by Gasteiger charge is 2.15. The van der Waals surface area contributed by atoms with E-state index >= 15 is 0 Å². The second-order valence-corrected chi connectivity index (χ2v) is 4.79. The Kier molecular flexibility index (Phi) is 3.70. The highest BCUT2D eigenvalue weighted by Crippen LogP contribution is 2.30. The number of rotatable bonds is 4. The lowest BCUT2D eigenvalue weighted by molar-refractivity contribution is -0.109. The molecule has 0 aliphatic rings. The average molecular weight is 252 g/mol. The third kappa shape index (κ3) is 2.49. The maximum absolute atomic E-state index is 11.1. The first-order chi connectivity index (χ1) is 7.81. The minimum absolute atomic E-state index is 0.158. The molecule has 0 aromatic carbocycles. The summed E-state index contributed by atoms with van der Waals surface area (Å²) in [5.41, 5.74) is 1.09. The largest absolute Gasteiger partial charge is 0.303 e. The molecular formula is C12H10ClNOS. The van der Waals surface area contributed by atoms with Crippen LogP contribution in [-0.4, -0.2) is 11.3 Å². The zero-order chi connectivity index (χ0) is 11.4. The smallest absolute Gasteiger partial charge is 0.128 e. The van der Waals surface area contributed by atoms with Gasteiger partial charge in [-0.3, -0.25) is 4.98 Å². The Morgan fingerprint density at radius 1 is 1.38 bits per heavy atom. The fourth-order valence-corrected chi connectivity index (χ4v) is 2.80. The van der Waals surface area contributed by atoms with Crippen molar-refractivity contribution in [2.24, 2.45) is 0 Å². The van der Waals surface area contributed by atoms with Crippen molar-refractivity contribution in [3.8, 4) is 0 Å². The number of halogens is 1. The molecule has 4 heteroatoms. The van der Waals surface area contributed by atoms with Gasteiger partial charge >= 0.3 is 0 Å². The van der Waals surface area contributed by atoms with Crippen LogP contribution in [0.15, 0.2) is 36.0 Å². The minimum Gasteiger partial charge on any atom is -0.303 e. The molecule has 0 aliphatic carbocycles. The topological polar surface area (TPSA) is 30.0 Å². The number of carbonyl (C=O) groups excluding carboxylic acids is 1. The highest BCUT2D eigenvalue weighted by atomic mass is 35.5. The SMILES string of the molecule is O=CC(Cc1ccncc1)c1sccc1Cl. The summed E-state index contributed by atoms with van der Waals surface area (Å²) in [7, 11) is 0. The minimum atomic E-state index is -0.158. The van der Waals surface area contributed by atoms with Gasteiger partial charge in [0.1, 0.15) is 6.29 Å². The molecule has 0 radical (unpaired) electrons. The Balaban J connectivity index is 2.19. The standard InChI is InChI=1S/C12H10ClNOS/c13-11-3-6-16-12(11)10(8-15)7-9-1-4-14-5-2-9/h1-6,8,10H,7H2. The van der Waals surface area contributed by atoms with Crippen molar-refractivity contribution in [2.45, 2.75) is 12.3 Å². The van der Waals surface area contributed by atoms with Gasteiger partial charge in [-0.15, -0.1) is 11.3 Å². The average Bonchev–Trinajstić information content (AvgIpc) is 2.74. The highest BCUT2D eigenvalue weighted by molar-refractivity contribution is 7.10. The first-order valence-corrected chi connectivity index (χ1v) is 6.14. The van der Waals surface area contributed by atoms with Crippen molar-refractivity contribution in [2.75, 3.05) is 0 Å². The normalized spacial score (nSPS) is 12.3. The van der Waals surface area contributed by atoms with Gasteiger partial charge in [0, 0.05) is 17.3 Å². The van der Waals surface area contributed by atoms with Crippen LogP contribution in [0.2, 0.25) is 5.02 Å². The summed E-state index contributed by atoms with van der Waals surface area (Å²) in [5, 5.41) is 2.58. The monoisotopic (exact) mass is 251 g/mol.